The number of esters is 1. The molecule has 4 rings (SSSR count). The molecule has 2 aromatic carbocycles. The highest BCUT2D eigenvalue weighted by Gasteiger charge is 2.24. The van der Waals surface area contributed by atoms with E-state index in [1.54, 1.807) is 25.3 Å². The Hall–Kier alpha value is -3.19. The summed E-state index contributed by atoms with van der Waals surface area (Å²) in [6.45, 7) is 4.23. The molecule has 30 heavy (non-hydrogen) atoms. The Labute approximate surface area is 177 Å². The maximum Gasteiger partial charge on any atom is 0.341 e. The van der Waals surface area contributed by atoms with E-state index in [4.69, 9.17) is 14.2 Å². The van der Waals surface area contributed by atoms with Crippen LogP contribution in [0.2, 0.25) is 0 Å². The number of ether oxygens (including phenoxy) is 3. The summed E-state index contributed by atoms with van der Waals surface area (Å²) in [5.41, 5.74) is 3.09. The number of halogens is 1. The second-order valence-electron chi connectivity index (χ2n) is 6.71. The minimum Gasteiger partial charge on any atom is -0.462 e. The van der Waals surface area contributed by atoms with E-state index in [0.717, 1.165) is 27.3 Å². The number of thiophene rings is 1. The molecule has 3 aromatic rings. The maximum atomic E-state index is 13.1. The molecule has 0 bridgehead atoms. The van der Waals surface area contributed by atoms with Crippen molar-refractivity contribution < 1.29 is 23.4 Å². The molecule has 7 heteroatoms. The Morgan fingerprint density at radius 2 is 1.97 bits per heavy atom. The van der Waals surface area contributed by atoms with Gasteiger partial charge in [-0.15, -0.1) is 11.3 Å². The second kappa shape index (κ2) is 8.67. The van der Waals surface area contributed by atoms with Crippen LogP contribution in [0.4, 0.5) is 9.39 Å². The number of benzene rings is 2. The summed E-state index contributed by atoms with van der Waals surface area (Å²) in [5, 5.41) is 0.575. The van der Waals surface area contributed by atoms with Gasteiger partial charge in [-0.25, -0.2) is 14.2 Å². The van der Waals surface area contributed by atoms with Crippen LogP contribution >= 0.6 is 11.3 Å². The monoisotopic (exact) mass is 425 g/mol. The molecule has 0 atom stereocenters. The fourth-order valence-corrected chi connectivity index (χ4v) is 4.22. The zero-order chi connectivity index (χ0) is 21.1. The van der Waals surface area contributed by atoms with Crippen molar-refractivity contribution in [2.75, 3.05) is 13.4 Å². The van der Waals surface area contributed by atoms with E-state index in [-0.39, 0.29) is 19.2 Å². The zero-order valence-corrected chi connectivity index (χ0v) is 17.4. The Kier molecular flexibility index (Phi) is 5.81. The van der Waals surface area contributed by atoms with Crippen LogP contribution in [-0.4, -0.2) is 25.6 Å². The number of rotatable bonds is 6. The third-order valence-corrected chi connectivity index (χ3v) is 5.74. The van der Waals surface area contributed by atoms with E-state index in [1.807, 2.05) is 25.1 Å². The molecular formula is C23H20FNO4S. The van der Waals surface area contributed by atoms with Gasteiger partial charge in [0.25, 0.3) is 0 Å². The van der Waals surface area contributed by atoms with Gasteiger partial charge in [0.1, 0.15) is 16.4 Å². The second-order valence-corrected chi connectivity index (χ2v) is 7.91. The molecule has 0 spiro atoms. The molecule has 2 heterocycles. The van der Waals surface area contributed by atoms with Crippen LogP contribution in [0.3, 0.4) is 0 Å². The zero-order valence-electron chi connectivity index (χ0n) is 16.6. The van der Waals surface area contributed by atoms with Crippen LogP contribution in [0.5, 0.6) is 11.5 Å². The number of carbonyl (C=O) groups is 1. The van der Waals surface area contributed by atoms with Gasteiger partial charge >= 0.3 is 5.97 Å². The van der Waals surface area contributed by atoms with Crippen LogP contribution in [0, 0.1) is 12.7 Å². The van der Waals surface area contributed by atoms with E-state index in [2.05, 4.69) is 4.99 Å². The molecule has 0 aliphatic carbocycles. The van der Waals surface area contributed by atoms with E-state index >= 15 is 0 Å². The smallest absolute Gasteiger partial charge is 0.341 e. The van der Waals surface area contributed by atoms with E-state index in [1.165, 1.54) is 23.5 Å². The minimum atomic E-state index is -0.399. The lowest BCUT2D eigenvalue weighted by Crippen LogP contribution is -2.07. The molecular weight excluding hydrogens is 405 g/mol. The summed E-state index contributed by atoms with van der Waals surface area (Å²) < 4.78 is 29.3. The van der Waals surface area contributed by atoms with Gasteiger partial charge in [0.15, 0.2) is 11.5 Å². The van der Waals surface area contributed by atoms with Crippen molar-refractivity contribution >= 4 is 28.5 Å². The SMILES string of the molecule is CCOC(=O)c1c(N=Cc2ccc(F)cc2)sc(C)c1Cc1ccc2c(c1)OCO2. The lowest BCUT2D eigenvalue weighted by Gasteiger charge is -2.07. The molecule has 0 saturated carbocycles. The van der Waals surface area contributed by atoms with Gasteiger partial charge in [-0.05, 0) is 61.2 Å². The Morgan fingerprint density at radius 1 is 1.20 bits per heavy atom. The number of carbonyl (C=O) groups excluding carboxylic acids is 1. The van der Waals surface area contributed by atoms with Crippen LogP contribution in [-0.2, 0) is 11.2 Å². The quantitative estimate of drug-likeness (QED) is 0.390. The van der Waals surface area contributed by atoms with Gasteiger partial charge in [0, 0.05) is 11.1 Å². The highest BCUT2D eigenvalue weighted by Crippen LogP contribution is 2.39. The fraction of sp³-hybridized carbons (Fsp3) is 0.217. The average molecular weight is 425 g/mol. The summed E-state index contributed by atoms with van der Waals surface area (Å²) >= 11 is 1.43. The van der Waals surface area contributed by atoms with Crippen molar-refractivity contribution in [2.45, 2.75) is 20.3 Å². The van der Waals surface area contributed by atoms with Crippen LogP contribution in [0.15, 0.2) is 47.5 Å². The summed E-state index contributed by atoms with van der Waals surface area (Å²) in [4.78, 5) is 18.3. The first-order chi connectivity index (χ1) is 14.5. The molecule has 154 valence electrons. The Bertz CT molecular complexity index is 1110. The van der Waals surface area contributed by atoms with Crippen molar-refractivity contribution in [3.63, 3.8) is 0 Å². The third-order valence-electron chi connectivity index (χ3n) is 4.69. The van der Waals surface area contributed by atoms with Crippen LogP contribution in [0.25, 0.3) is 0 Å². The predicted octanol–water partition coefficient (Wildman–Crippen LogP) is 5.44. The molecule has 0 radical (unpaired) electrons. The number of nitrogens with zero attached hydrogens (tertiary/aromatic N) is 1. The van der Waals surface area contributed by atoms with Crippen molar-refractivity contribution in [1.29, 1.82) is 0 Å². The van der Waals surface area contributed by atoms with Gasteiger partial charge < -0.3 is 14.2 Å². The molecule has 1 aliphatic heterocycles. The van der Waals surface area contributed by atoms with Crippen molar-refractivity contribution in [1.82, 2.24) is 0 Å². The van der Waals surface area contributed by atoms with Gasteiger partial charge in [0.2, 0.25) is 6.79 Å². The highest BCUT2D eigenvalue weighted by atomic mass is 32.1. The Morgan fingerprint density at radius 3 is 2.73 bits per heavy atom. The first kappa shape index (κ1) is 20.1. The highest BCUT2D eigenvalue weighted by molar-refractivity contribution is 7.16. The van der Waals surface area contributed by atoms with Crippen molar-refractivity contribution in [3.8, 4) is 11.5 Å². The van der Waals surface area contributed by atoms with Gasteiger partial charge in [-0.1, -0.05) is 18.2 Å². The first-order valence-electron chi connectivity index (χ1n) is 9.52. The van der Waals surface area contributed by atoms with Crippen LogP contribution in [0.1, 0.15) is 38.8 Å². The van der Waals surface area contributed by atoms with E-state index in [9.17, 15) is 9.18 Å². The van der Waals surface area contributed by atoms with Gasteiger partial charge in [-0.3, -0.25) is 0 Å². The number of hydrogen-bond donors (Lipinski definition) is 0. The topological polar surface area (TPSA) is 57.1 Å². The first-order valence-corrected chi connectivity index (χ1v) is 10.3. The average Bonchev–Trinajstić information content (AvgIpc) is 3.32. The summed E-state index contributed by atoms with van der Waals surface area (Å²) in [6.07, 6.45) is 2.16. The largest absolute Gasteiger partial charge is 0.462 e. The Balaban J connectivity index is 1.69. The summed E-state index contributed by atoms with van der Waals surface area (Å²) in [6, 6.07) is 11.8. The molecule has 0 saturated heterocycles. The van der Waals surface area contributed by atoms with Crippen LogP contribution < -0.4 is 9.47 Å². The normalized spacial score (nSPS) is 12.5. The van der Waals surface area contributed by atoms with E-state index in [0.29, 0.717) is 22.7 Å². The maximum absolute atomic E-state index is 13.1. The fourth-order valence-electron chi connectivity index (χ4n) is 3.22. The predicted molar refractivity (Wildman–Crippen MR) is 114 cm³/mol. The third kappa shape index (κ3) is 4.21. The molecule has 5 nitrogen and oxygen atoms in total. The standard InChI is InChI=1S/C23H20FNO4S/c1-3-27-23(26)21-18(10-16-6-9-19-20(11-16)29-13-28-19)14(2)30-22(21)25-12-15-4-7-17(24)8-5-15/h4-9,11-12H,3,10,13H2,1-2H3. The number of aryl methyl sites for hydroxylation is 1. The van der Waals surface area contributed by atoms with Crippen molar-refractivity contribution in [3.05, 3.63) is 75.4 Å². The summed E-state index contributed by atoms with van der Waals surface area (Å²) in [5.74, 6) is 0.713. The van der Waals surface area contributed by atoms with Crippen molar-refractivity contribution in [2.24, 2.45) is 4.99 Å². The van der Waals surface area contributed by atoms with Gasteiger partial charge in [0.05, 0.1) is 6.61 Å². The number of aliphatic imine (C=N–C) groups is 1. The minimum absolute atomic E-state index is 0.215. The molecule has 1 aliphatic rings. The molecule has 0 fully saturated rings. The molecule has 0 amide bonds. The summed E-state index contributed by atoms with van der Waals surface area (Å²) in [7, 11) is 0. The molecule has 0 unspecified atom stereocenters. The molecule has 0 N–H and O–H groups in total. The number of hydrogen-bond acceptors (Lipinski definition) is 6. The molecule has 1 aromatic heterocycles. The van der Waals surface area contributed by atoms with Gasteiger partial charge in [-0.2, -0.15) is 0 Å². The lowest BCUT2D eigenvalue weighted by molar-refractivity contribution is 0.0527. The van der Waals surface area contributed by atoms with E-state index < -0.39 is 5.97 Å². The number of fused-ring (bicyclic) bond motifs is 1. The lowest BCUT2D eigenvalue weighted by atomic mass is 10.0.